The quantitative estimate of drug-likeness (QED) is 0.846. The summed E-state index contributed by atoms with van der Waals surface area (Å²) >= 11 is 13.5. The van der Waals surface area contributed by atoms with Gasteiger partial charge in [-0.25, -0.2) is 4.98 Å². The van der Waals surface area contributed by atoms with E-state index < -0.39 is 0 Å². The Morgan fingerprint density at radius 2 is 2.18 bits per heavy atom. The molecule has 0 spiro atoms. The van der Waals surface area contributed by atoms with Crippen LogP contribution in [0, 0.1) is 0 Å². The van der Waals surface area contributed by atoms with Gasteiger partial charge < -0.3 is 5.32 Å². The maximum absolute atomic E-state index is 6.09. The smallest absolute Gasteiger partial charge is 0.0795 e. The fraction of sp³-hybridized carbons (Fsp3) is 0.250. The van der Waals surface area contributed by atoms with Crippen LogP contribution >= 0.6 is 34.5 Å². The van der Waals surface area contributed by atoms with Gasteiger partial charge in [0, 0.05) is 22.0 Å². The van der Waals surface area contributed by atoms with Crippen molar-refractivity contribution < 1.29 is 0 Å². The molecule has 0 aliphatic rings. The number of benzene rings is 1. The van der Waals surface area contributed by atoms with Gasteiger partial charge in [0.05, 0.1) is 11.2 Å². The molecule has 0 saturated heterocycles. The van der Waals surface area contributed by atoms with Crippen LogP contribution in [0.15, 0.2) is 29.1 Å². The Hall–Kier alpha value is -0.610. The monoisotopic (exact) mass is 286 g/mol. The highest BCUT2D eigenvalue weighted by atomic mass is 35.5. The van der Waals surface area contributed by atoms with Crippen molar-refractivity contribution in [2.24, 2.45) is 0 Å². The molecular weight excluding hydrogens is 275 g/mol. The fourth-order valence-corrected chi connectivity index (χ4v) is 2.55. The van der Waals surface area contributed by atoms with E-state index >= 15 is 0 Å². The van der Waals surface area contributed by atoms with Gasteiger partial charge in [0.2, 0.25) is 0 Å². The van der Waals surface area contributed by atoms with Crippen molar-refractivity contribution in [3.05, 3.63) is 50.4 Å². The molecule has 90 valence electrons. The molecule has 0 saturated carbocycles. The molecule has 0 bridgehead atoms. The highest BCUT2D eigenvalue weighted by Crippen LogP contribution is 2.21. The van der Waals surface area contributed by atoms with Gasteiger partial charge in [-0.05, 0) is 30.7 Å². The van der Waals surface area contributed by atoms with Gasteiger partial charge in [0.15, 0.2) is 0 Å². The Balaban J connectivity index is 1.78. The van der Waals surface area contributed by atoms with E-state index in [2.05, 4.69) is 10.3 Å². The number of halogens is 2. The molecule has 1 aromatic heterocycles. The van der Waals surface area contributed by atoms with Crippen molar-refractivity contribution in [3.63, 3.8) is 0 Å². The topological polar surface area (TPSA) is 24.9 Å². The van der Waals surface area contributed by atoms with Crippen molar-refractivity contribution in [2.45, 2.75) is 13.0 Å². The van der Waals surface area contributed by atoms with Crippen LogP contribution in [0.25, 0.3) is 0 Å². The highest BCUT2D eigenvalue weighted by Gasteiger charge is 2.01. The predicted molar refractivity (Wildman–Crippen MR) is 74.0 cm³/mol. The molecular formula is C12H12Cl2N2S. The second-order valence-electron chi connectivity index (χ2n) is 3.64. The lowest BCUT2D eigenvalue weighted by atomic mass is 10.1. The Morgan fingerprint density at radius 3 is 2.88 bits per heavy atom. The van der Waals surface area contributed by atoms with Crippen LogP contribution in [0.1, 0.15) is 11.3 Å². The minimum Gasteiger partial charge on any atom is -0.311 e. The Morgan fingerprint density at radius 1 is 1.29 bits per heavy atom. The first-order chi connectivity index (χ1) is 8.25. The first kappa shape index (κ1) is 12.8. The first-order valence-electron chi connectivity index (χ1n) is 5.27. The third-order valence-electron chi connectivity index (χ3n) is 2.38. The Labute approximate surface area is 115 Å². The second-order valence-corrected chi connectivity index (χ2v) is 5.20. The summed E-state index contributed by atoms with van der Waals surface area (Å²) in [6, 6.07) is 5.61. The van der Waals surface area contributed by atoms with E-state index in [0.717, 1.165) is 35.8 Å². The van der Waals surface area contributed by atoms with Gasteiger partial charge in [0.1, 0.15) is 0 Å². The molecule has 0 radical (unpaired) electrons. The molecule has 1 heterocycles. The number of aromatic nitrogens is 1. The van der Waals surface area contributed by atoms with E-state index in [9.17, 15) is 0 Å². The van der Waals surface area contributed by atoms with Crippen LogP contribution in [-0.4, -0.2) is 11.5 Å². The number of thiazole rings is 1. The van der Waals surface area contributed by atoms with Gasteiger partial charge in [0.25, 0.3) is 0 Å². The lowest BCUT2D eigenvalue weighted by Gasteiger charge is -2.05. The highest BCUT2D eigenvalue weighted by molar-refractivity contribution is 7.07. The third kappa shape index (κ3) is 3.96. The molecule has 0 fully saturated rings. The summed E-state index contributed by atoms with van der Waals surface area (Å²) in [6.45, 7) is 1.67. The average Bonchev–Trinajstić information content (AvgIpc) is 2.79. The molecule has 0 aliphatic heterocycles. The zero-order valence-corrected chi connectivity index (χ0v) is 11.4. The molecule has 0 unspecified atom stereocenters. The zero-order valence-electron chi connectivity index (χ0n) is 9.12. The minimum atomic E-state index is 0.675. The van der Waals surface area contributed by atoms with E-state index in [4.69, 9.17) is 23.2 Å². The summed E-state index contributed by atoms with van der Waals surface area (Å²) in [5.74, 6) is 0. The molecule has 1 aromatic carbocycles. The largest absolute Gasteiger partial charge is 0.311 e. The van der Waals surface area contributed by atoms with Gasteiger partial charge >= 0.3 is 0 Å². The molecule has 0 atom stereocenters. The van der Waals surface area contributed by atoms with E-state index in [1.54, 1.807) is 17.4 Å². The standard InChI is InChI=1S/C12H12Cl2N2S/c13-10-2-1-9(12(14)5-10)3-4-15-6-11-7-17-8-16-11/h1-2,5,7-8,15H,3-4,6H2. The molecule has 1 N–H and O–H groups in total. The summed E-state index contributed by atoms with van der Waals surface area (Å²) in [6.07, 6.45) is 0.889. The summed E-state index contributed by atoms with van der Waals surface area (Å²) in [4.78, 5) is 4.20. The molecule has 17 heavy (non-hydrogen) atoms. The van der Waals surface area contributed by atoms with Crippen molar-refractivity contribution in [1.29, 1.82) is 0 Å². The predicted octanol–water partition coefficient (Wildman–Crippen LogP) is 3.78. The number of nitrogens with zero attached hydrogens (tertiary/aromatic N) is 1. The lowest BCUT2D eigenvalue weighted by Crippen LogP contribution is -2.16. The SMILES string of the molecule is Clc1ccc(CCNCc2cscn2)c(Cl)c1. The Kier molecular flexibility index (Phi) is 4.80. The van der Waals surface area contributed by atoms with Crippen molar-refractivity contribution in [2.75, 3.05) is 6.54 Å². The van der Waals surface area contributed by atoms with Crippen LogP contribution in [0.4, 0.5) is 0 Å². The van der Waals surface area contributed by atoms with Gasteiger partial charge in [-0.3, -0.25) is 0 Å². The molecule has 2 rings (SSSR count). The van der Waals surface area contributed by atoms with Crippen molar-refractivity contribution >= 4 is 34.5 Å². The van der Waals surface area contributed by atoms with Crippen LogP contribution in [0.3, 0.4) is 0 Å². The van der Waals surface area contributed by atoms with E-state index in [0.29, 0.717) is 5.02 Å². The number of hydrogen-bond donors (Lipinski definition) is 1. The molecule has 0 amide bonds. The van der Waals surface area contributed by atoms with Crippen LogP contribution in [0.5, 0.6) is 0 Å². The maximum atomic E-state index is 6.09. The van der Waals surface area contributed by atoms with Crippen molar-refractivity contribution in [1.82, 2.24) is 10.3 Å². The minimum absolute atomic E-state index is 0.675. The average molecular weight is 287 g/mol. The zero-order chi connectivity index (χ0) is 12.1. The van der Waals surface area contributed by atoms with Gasteiger partial charge in [-0.2, -0.15) is 0 Å². The number of nitrogens with one attached hydrogen (secondary N) is 1. The summed E-state index contributed by atoms with van der Waals surface area (Å²) < 4.78 is 0. The maximum Gasteiger partial charge on any atom is 0.0795 e. The fourth-order valence-electron chi connectivity index (χ4n) is 1.49. The molecule has 2 nitrogen and oxygen atoms in total. The third-order valence-corrected chi connectivity index (χ3v) is 3.60. The van der Waals surface area contributed by atoms with E-state index in [1.807, 2.05) is 23.0 Å². The molecule has 0 aliphatic carbocycles. The van der Waals surface area contributed by atoms with E-state index in [-0.39, 0.29) is 0 Å². The number of hydrogen-bond acceptors (Lipinski definition) is 3. The first-order valence-corrected chi connectivity index (χ1v) is 6.97. The van der Waals surface area contributed by atoms with Crippen LogP contribution in [0.2, 0.25) is 10.0 Å². The van der Waals surface area contributed by atoms with Crippen LogP contribution in [-0.2, 0) is 13.0 Å². The lowest BCUT2D eigenvalue weighted by molar-refractivity contribution is 0.677. The summed E-state index contributed by atoms with van der Waals surface area (Å²) in [5.41, 5.74) is 4.03. The molecule has 2 aromatic rings. The summed E-state index contributed by atoms with van der Waals surface area (Å²) in [7, 11) is 0. The Bertz CT molecular complexity index is 471. The summed E-state index contributed by atoms with van der Waals surface area (Å²) in [5, 5.41) is 6.78. The number of rotatable bonds is 5. The van der Waals surface area contributed by atoms with E-state index in [1.165, 1.54) is 0 Å². The second kappa shape index (κ2) is 6.36. The normalized spacial score (nSPS) is 10.7. The van der Waals surface area contributed by atoms with Gasteiger partial charge in [-0.15, -0.1) is 11.3 Å². The van der Waals surface area contributed by atoms with Gasteiger partial charge in [-0.1, -0.05) is 29.3 Å². The molecule has 5 heteroatoms. The van der Waals surface area contributed by atoms with Crippen LogP contribution < -0.4 is 5.32 Å². The van der Waals surface area contributed by atoms with Crippen molar-refractivity contribution in [3.8, 4) is 0 Å².